The third-order valence-electron chi connectivity index (χ3n) is 7.34. The average molecular weight is 540 g/mol. The molecule has 0 radical (unpaired) electrons. The minimum Gasteiger partial charge on any atom is -0.489 e. The summed E-state index contributed by atoms with van der Waals surface area (Å²) in [6.07, 6.45) is 5.95. The fourth-order valence-electron chi connectivity index (χ4n) is 5.41. The smallest absolute Gasteiger partial charge is 0.265 e. The van der Waals surface area contributed by atoms with Crippen molar-refractivity contribution in [2.45, 2.75) is 45.3 Å². The van der Waals surface area contributed by atoms with Crippen molar-refractivity contribution in [2.75, 3.05) is 6.54 Å². The van der Waals surface area contributed by atoms with Crippen LogP contribution in [0.25, 0.3) is 10.9 Å². The summed E-state index contributed by atoms with van der Waals surface area (Å²) in [5.41, 5.74) is 9.25. The van der Waals surface area contributed by atoms with Crippen molar-refractivity contribution < 1.29 is 19.5 Å². The number of pyridine rings is 2. The van der Waals surface area contributed by atoms with Crippen molar-refractivity contribution in [3.63, 3.8) is 0 Å². The molecule has 1 aliphatic heterocycles. The van der Waals surface area contributed by atoms with Crippen LogP contribution in [0.5, 0.6) is 5.75 Å². The van der Waals surface area contributed by atoms with Crippen molar-refractivity contribution in [3.05, 3.63) is 102 Å². The summed E-state index contributed by atoms with van der Waals surface area (Å²) in [4.78, 5) is 34.0. The molecule has 1 aliphatic rings. The van der Waals surface area contributed by atoms with E-state index in [0.29, 0.717) is 30.9 Å². The molecular formula is C31H33N5O4. The van der Waals surface area contributed by atoms with E-state index >= 15 is 0 Å². The summed E-state index contributed by atoms with van der Waals surface area (Å²) in [6.45, 7) is 3.02. The van der Waals surface area contributed by atoms with Crippen LogP contribution in [0.2, 0.25) is 0 Å². The molecule has 2 amide bonds. The van der Waals surface area contributed by atoms with Crippen molar-refractivity contribution in [1.82, 2.24) is 25.9 Å². The number of rotatable bonds is 9. The van der Waals surface area contributed by atoms with Gasteiger partial charge in [0.15, 0.2) is 0 Å². The Hall–Kier alpha value is -4.34. The molecule has 1 unspecified atom stereocenters. The number of aryl methyl sites for hydroxylation is 1. The van der Waals surface area contributed by atoms with Crippen molar-refractivity contribution >= 4 is 22.7 Å². The van der Waals surface area contributed by atoms with E-state index in [0.717, 1.165) is 40.6 Å². The third-order valence-corrected chi connectivity index (χ3v) is 7.34. The molecule has 2 aromatic carbocycles. The zero-order valence-electron chi connectivity index (χ0n) is 22.4. The normalized spacial score (nSPS) is 17.4. The van der Waals surface area contributed by atoms with Crippen LogP contribution in [0.15, 0.2) is 79.1 Å². The SMILES string of the molecule is Cc1cc(COc2ccc(C(=O)NN3CCC[C@H](CC(=O)NO)C3Cc3cccnc3)cc2)c2ccccc2n1. The second kappa shape index (κ2) is 12.7. The van der Waals surface area contributed by atoms with Gasteiger partial charge in [-0.2, -0.15) is 0 Å². The molecule has 206 valence electrons. The van der Waals surface area contributed by atoms with Crippen molar-refractivity contribution in [2.24, 2.45) is 5.92 Å². The number of benzene rings is 2. The molecule has 0 bridgehead atoms. The topological polar surface area (TPSA) is 117 Å². The lowest BCUT2D eigenvalue weighted by molar-refractivity contribution is -0.131. The van der Waals surface area contributed by atoms with Gasteiger partial charge in [-0.05, 0) is 80.1 Å². The number of carbonyl (C=O) groups is 2. The lowest BCUT2D eigenvalue weighted by atomic mass is 9.84. The monoisotopic (exact) mass is 539 g/mol. The van der Waals surface area contributed by atoms with E-state index in [-0.39, 0.29) is 24.3 Å². The van der Waals surface area contributed by atoms with Crippen LogP contribution in [0.3, 0.4) is 0 Å². The summed E-state index contributed by atoms with van der Waals surface area (Å²) in [5, 5.41) is 12.1. The number of para-hydroxylation sites is 1. The fraction of sp³-hybridized carbons (Fsp3) is 0.290. The van der Waals surface area contributed by atoms with Gasteiger partial charge in [0.05, 0.1) is 5.52 Å². The molecule has 5 rings (SSSR count). The molecular weight excluding hydrogens is 506 g/mol. The molecule has 4 aromatic rings. The predicted molar refractivity (Wildman–Crippen MR) is 150 cm³/mol. The van der Waals surface area contributed by atoms with Gasteiger partial charge >= 0.3 is 0 Å². The molecule has 0 saturated carbocycles. The molecule has 2 aromatic heterocycles. The maximum Gasteiger partial charge on any atom is 0.265 e. The van der Waals surface area contributed by atoms with Gasteiger partial charge < -0.3 is 4.74 Å². The first-order valence-electron chi connectivity index (χ1n) is 13.5. The number of fused-ring (bicyclic) bond motifs is 1. The third kappa shape index (κ3) is 6.62. The van der Waals surface area contributed by atoms with E-state index in [1.807, 2.05) is 54.4 Å². The number of hydrazine groups is 1. The van der Waals surface area contributed by atoms with Crippen LogP contribution in [-0.4, -0.2) is 44.6 Å². The first-order valence-corrected chi connectivity index (χ1v) is 13.5. The lowest BCUT2D eigenvalue weighted by Gasteiger charge is -2.41. The second-order valence-electron chi connectivity index (χ2n) is 10.2. The van der Waals surface area contributed by atoms with E-state index in [9.17, 15) is 9.59 Å². The van der Waals surface area contributed by atoms with Crippen LogP contribution in [0.1, 0.15) is 46.4 Å². The van der Waals surface area contributed by atoms with Gasteiger partial charge in [-0.3, -0.25) is 30.2 Å². The predicted octanol–water partition coefficient (Wildman–Crippen LogP) is 4.38. The van der Waals surface area contributed by atoms with Gasteiger partial charge in [0.1, 0.15) is 12.4 Å². The quantitative estimate of drug-likeness (QED) is 0.213. The van der Waals surface area contributed by atoms with Crippen molar-refractivity contribution in [3.8, 4) is 5.75 Å². The van der Waals surface area contributed by atoms with Crippen LogP contribution >= 0.6 is 0 Å². The van der Waals surface area contributed by atoms with Crippen molar-refractivity contribution in [1.29, 1.82) is 0 Å². The Balaban J connectivity index is 1.25. The zero-order chi connectivity index (χ0) is 27.9. The molecule has 3 N–H and O–H groups in total. The molecule has 9 nitrogen and oxygen atoms in total. The number of hydrogen-bond donors (Lipinski definition) is 3. The number of ether oxygens (including phenoxy) is 1. The summed E-state index contributed by atoms with van der Waals surface area (Å²) in [7, 11) is 0. The number of aromatic nitrogens is 2. The summed E-state index contributed by atoms with van der Waals surface area (Å²) < 4.78 is 6.05. The minimum atomic E-state index is -0.431. The fourth-order valence-corrected chi connectivity index (χ4v) is 5.41. The Morgan fingerprint density at radius 2 is 1.93 bits per heavy atom. The molecule has 2 atom stereocenters. The van der Waals surface area contributed by atoms with E-state index in [2.05, 4.69) is 15.4 Å². The van der Waals surface area contributed by atoms with E-state index in [4.69, 9.17) is 9.94 Å². The van der Waals surface area contributed by atoms with Gasteiger partial charge in [0, 0.05) is 53.6 Å². The number of nitrogens with one attached hydrogen (secondary N) is 2. The van der Waals surface area contributed by atoms with E-state index in [1.54, 1.807) is 42.1 Å². The number of amides is 2. The highest BCUT2D eigenvalue weighted by Gasteiger charge is 2.34. The van der Waals surface area contributed by atoms with Gasteiger partial charge in [0.25, 0.3) is 5.91 Å². The van der Waals surface area contributed by atoms with Gasteiger partial charge in [0.2, 0.25) is 5.91 Å². The van der Waals surface area contributed by atoms with E-state index < -0.39 is 5.91 Å². The average Bonchev–Trinajstić information content (AvgIpc) is 2.98. The van der Waals surface area contributed by atoms with Crippen LogP contribution in [0.4, 0.5) is 0 Å². The molecule has 40 heavy (non-hydrogen) atoms. The molecule has 1 saturated heterocycles. The van der Waals surface area contributed by atoms with Crippen LogP contribution in [0, 0.1) is 12.8 Å². The molecule has 3 heterocycles. The Morgan fingerprint density at radius 3 is 2.70 bits per heavy atom. The first-order chi connectivity index (χ1) is 19.5. The lowest BCUT2D eigenvalue weighted by Crippen LogP contribution is -2.55. The van der Waals surface area contributed by atoms with Gasteiger partial charge in [-0.1, -0.05) is 24.3 Å². The zero-order valence-corrected chi connectivity index (χ0v) is 22.4. The Morgan fingerprint density at radius 1 is 1.10 bits per heavy atom. The van der Waals surface area contributed by atoms with E-state index in [1.165, 1.54) is 0 Å². The number of hydroxylamine groups is 1. The summed E-state index contributed by atoms with van der Waals surface area (Å²) in [6, 6.07) is 20.8. The standard InChI is InChI=1S/C31H33N5O4/c1-21-16-25(27-8-2-3-9-28(27)33-21)20-40-26-12-10-23(11-13-26)31(38)34-36-15-5-7-24(18-30(37)35-39)29(36)17-22-6-4-14-32-19-22/h2-4,6,8-14,16,19,24,29,39H,5,7,15,17-18,20H2,1H3,(H,34,38)(H,35,37)/t24-,29?/m1/s1. The Kier molecular flexibility index (Phi) is 8.63. The Labute approximate surface area is 233 Å². The number of nitrogens with zero attached hydrogens (tertiary/aromatic N) is 3. The molecule has 1 fully saturated rings. The molecule has 0 aliphatic carbocycles. The first kappa shape index (κ1) is 27.2. The minimum absolute atomic E-state index is 0.0370. The molecule has 0 spiro atoms. The summed E-state index contributed by atoms with van der Waals surface area (Å²) >= 11 is 0. The number of piperidine rings is 1. The summed E-state index contributed by atoms with van der Waals surface area (Å²) in [5.74, 6) is -0.0340. The molecule has 9 heteroatoms. The largest absolute Gasteiger partial charge is 0.489 e. The van der Waals surface area contributed by atoms with Gasteiger partial charge in [-0.15, -0.1) is 0 Å². The highest BCUT2D eigenvalue weighted by atomic mass is 16.5. The van der Waals surface area contributed by atoms with Crippen LogP contribution < -0.4 is 15.6 Å². The van der Waals surface area contributed by atoms with Crippen LogP contribution in [-0.2, 0) is 17.8 Å². The number of carbonyl (C=O) groups excluding carboxylic acids is 2. The second-order valence-corrected chi connectivity index (χ2v) is 10.2. The van der Waals surface area contributed by atoms with Gasteiger partial charge in [-0.25, -0.2) is 10.5 Å². The highest BCUT2D eigenvalue weighted by molar-refractivity contribution is 5.94. The number of hydrogen-bond acceptors (Lipinski definition) is 7. The Bertz CT molecular complexity index is 1460. The maximum atomic E-state index is 13.2. The highest BCUT2D eigenvalue weighted by Crippen LogP contribution is 2.28. The maximum absolute atomic E-state index is 13.2.